The third-order valence-electron chi connectivity index (χ3n) is 0.931. The molecule has 0 aliphatic heterocycles. The predicted octanol–water partition coefficient (Wildman–Crippen LogP) is -1.87. The topological polar surface area (TPSA) is 92.9 Å². The highest BCUT2D eigenvalue weighted by Gasteiger charge is 2.17. The molecule has 0 bridgehead atoms. The molecule has 0 aromatic rings. The molecule has 0 aliphatic rings. The number of hydrogen-bond donors (Lipinski definition) is 2. The Bertz CT molecular complexity index is 213. The summed E-state index contributed by atoms with van der Waals surface area (Å²) in [6.45, 7) is -0.101. The van der Waals surface area contributed by atoms with Crippen LogP contribution in [0.3, 0.4) is 0 Å². The van der Waals surface area contributed by atoms with Crippen LogP contribution in [-0.2, 0) is 14.4 Å². The molecule has 0 heterocycles. The van der Waals surface area contributed by atoms with E-state index in [0.717, 1.165) is 5.06 Å². The van der Waals surface area contributed by atoms with Crippen molar-refractivity contribution in [2.24, 2.45) is 5.73 Å². The number of aliphatic hydroxyl groups excluding tert-OH is 1. The quantitative estimate of drug-likeness (QED) is 0.503. The summed E-state index contributed by atoms with van der Waals surface area (Å²) in [5.74, 6) is -0.484. The van der Waals surface area contributed by atoms with Crippen molar-refractivity contribution >= 4 is 10.1 Å². The molecule has 0 aromatic heterocycles. The zero-order valence-electron chi connectivity index (χ0n) is 7.10. The lowest BCUT2D eigenvalue weighted by molar-refractivity contribution is 0.00367. The summed E-state index contributed by atoms with van der Waals surface area (Å²) in [4.78, 5) is 0. The van der Waals surface area contributed by atoms with Gasteiger partial charge < -0.3 is 10.8 Å². The molecule has 0 saturated heterocycles. The molecule has 74 valence electrons. The van der Waals surface area contributed by atoms with Crippen LogP contribution in [0.1, 0.15) is 0 Å². The van der Waals surface area contributed by atoms with E-state index in [1.54, 1.807) is 0 Å². The average Bonchev–Trinajstić information content (AvgIpc) is 1.83. The van der Waals surface area contributed by atoms with E-state index in [1.165, 1.54) is 14.1 Å². The summed E-state index contributed by atoms with van der Waals surface area (Å²) >= 11 is 0. The molecular weight excluding hydrogens is 184 g/mol. The molecule has 0 saturated carbocycles. The molecule has 7 heteroatoms. The van der Waals surface area contributed by atoms with Gasteiger partial charge in [0.15, 0.2) is 0 Å². The lowest BCUT2D eigenvalue weighted by atomic mass is 10.4. The van der Waals surface area contributed by atoms with Crippen LogP contribution in [0.15, 0.2) is 0 Å². The molecule has 1 atom stereocenters. The molecule has 6 nitrogen and oxygen atoms in total. The van der Waals surface area contributed by atoms with E-state index >= 15 is 0 Å². The first-order chi connectivity index (χ1) is 5.37. The van der Waals surface area contributed by atoms with Gasteiger partial charge in [-0.2, -0.15) is 17.8 Å². The van der Waals surface area contributed by atoms with Crippen molar-refractivity contribution in [2.45, 2.75) is 6.10 Å². The minimum absolute atomic E-state index is 0.101. The Kier molecular flexibility index (Phi) is 4.64. The highest BCUT2D eigenvalue weighted by molar-refractivity contribution is 7.86. The maximum absolute atomic E-state index is 10.9. The van der Waals surface area contributed by atoms with Gasteiger partial charge in [-0.15, -0.1) is 0 Å². The summed E-state index contributed by atoms with van der Waals surface area (Å²) in [5, 5.41) is 9.94. The third kappa shape index (κ3) is 5.44. The minimum Gasteiger partial charge on any atom is -0.391 e. The molecule has 0 spiro atoms. The Morgan fingerprint density at radius 2 is 2.08 bits per heavy atom. The van der Waals surface area contributed by atoms with Gasteiger partial charge in [0.05, 0.1) is 6.10 Å². The van der Waals surface area contributed by atoms with Gasteiger partial charge >= 0.3 is 0 Å². The molecule has 1 unspecified atom stereocenters. The van der Waals surface area contributed by atoms with Crippen LogP contribution >= 0.6 is 0 Å². The van der Waals surface area contributed by atoms with Crippen molar-refractivity contribution in [1.82, 2.24) is 5.06 Å². The summed E-state index contributed by atoms with van der Waals surface area (Å²) in [7, 11) is -0.822. The first-order valence-electron chi connectivity index (χ1n) is 3.35. The number of nitrogens with zero attached hydrogens (tertiary/aromatic N) is 1. The fourth-order valence-corrected chi connectivity index (χ4v) is 1.68. The second kappa shape index (κ2) is 4.73. The highest BCUT2D eigenvalue weighted by atomic mass is 32.2. The van der Waals surface area contributed by atoms with E-state index in [1.807, 2.05) is 0 Å². The second-order valence-electron chi connectivity index (χ2n) is 2.50. The number of hydroxylamine groups is 2. The summed E-state index contributed by atoms with van der Waals surface area (Å²) in [6.07, 6.45) is -1.07. The van der Waals surface area contributed by atoms with Crippen LogP contribution in [0.5, 0.6) is 0 Å². The highest BCUT2D eigenvalue weighted by Crippen LogP contribution is 1.97. The summed E-state index contributed by atoms with van der Waals surface area (Å²) < 4.78 is 26.3. The summed E-state index contributed by atoms with van der Waals surface area (Å²) in [6, 6.07) is 0. The maximum atomic E-state index is 10.9. The maximum Gasteiger partial charge on any atom is 0.286 e. The van der Waals surface area contributed by atoms with Crippen molar-refractivity contribution in [1.29, 1.82) is 0 Å². The van der Waals surface area contributed by atoms with Gasteiger partial charge in [-0.05, 0) is 0 Å². The van der Waals surface area contributed by atoms with Crippen LogP contribution in [0.4, 0.5) is 0 Å². The van der Waals surface area contributed by atoms with Crippen molar-refractivity contribution in [3.8, 4) is 0 Å². The van der Waals surface area contributed by atoms with Crippen molar-refractivity contribution in [2.75, 3.05) is 26.4 Å². The fourth-order valence-electron chi connectivity index (χ4n) is 0.561. The SMILES string of the molecule is CN(C)OS(=O)(=O)CC(O)CN. The number of hydrogen-bond acceptors (Lipinski definition) is 6. The Hall–Kier alpha value is -0.210. The van der Waals surface area contributed by atoms with Crippen LogP contribution in [0.2, 0.25) is 0 Å². The third-order valence-corrected chi connectivity index (χ3v) is 2.25. The average molecular weight is 198 g/mol. The minimum atomic E-state index is -3.70. The van der Waals surface area contributed by atoms with Gasteiger partial charge in [0.1, 0.15) is 5.75 Å². The van der Waals surface area contributed by atoms with Gasteiger partial charge in [0, 0.05) is 20.6 Å². The van der Waals surface area contributed by atoms with Crippen molar-refractivity contribution < 1.29 is 17.8 Å². The molecule has 0 rings (SSSR count). The Morgan fingerprint density at radius 1 is 1.58 bits per heavy atom. The van der Waals surface area contributed by atoms with Gasteiger partial charge in [-0.3, -0.25) is 0 Å². The molecule has 3 N–H and O–H groups in total. The zero-order chi connectivity index (χ0) is 9.78. The zero-order valence-corrected chi connectivity index (χ0v) is 7.91. The van der Waals surface area contributed by atoms with E-state index in [4.69, 9.17) is 10.8 Å². The van der Waals surface area contributed by atoms with Gasteiger partial charge in [0.25, 0.3) is 10.1 Å². The molecule has 12 heavy (non-hydrogen) atoms. The van der Waals surface area contributed by atoms with Crippen LogP contribution in [0, 0.1) is 0 Å². The second-order valence-corrected chi connectivity index (χ2v) is 4.10. The van der Waals surface area contributed by atoms with Crippen LogP contribution in [-0.4, -0.2) is 51.1 Å². The number of rotatable bonds is 5. The molecule has 0 aliphatic carbocycles. The molecule has 0 aromatic carbocycles. The lowest BCUT2D eigenvalue weighted by Crippen LogP contribution is -2.31. The van der Waals surface area contributed by atoms with E-state index in [2.05, 4.69) is 4.28 Å². The van der Waals surface area contributed by atoms with Gasteiger partial charge in [-0.25, -0.2) is 0 Å². The molecular formula is C5H14N2O4S. The number of nitrogens with two attached hydrogens (primary N) is 1. The standard InChI is InChI=1S/C5H14N2O4S/c1-7(2)11-12(9,10)4-5(8)3-6/h5,8H,3-4,6H2,1-2H3. The largest absolute Gasteiger partial charge is 0.391 e. The monoisotopic (exact) mass is 198 g/mol. The van der Waals surface area contributed by atoms with E-state index in [9.17, 15) is 8.42 Å². The fraction of sp³-hybridized carbons (Fsp3) is 1.00. The van der Waals surface area contributed by atoms with Crippen molar-refractivity contribution in [3.05, 3.63) is 0 Å². The molecule has 0 radical (unpaired) electrons. The normalized spacial score (nSPS) is 15.1. The smallest absolute Gasteiger partial charge is 0.286 e. The Balaban J connectivity index is 4.05. The molecule has 0 fully saturated rings. The van der Waals surface area contributed by atoms with Gasteiger partial charge in [0.2, 0.25) is 0 Å². The van der Waals surface area contributed by atoms with Gasteiger partial charge in [-0.1, -0.05) is 0 Å². The van der Waals surface area contributed by atoms with E-state index < -0.39 is 22.0 Å². The molecule has 0 amide bonds. The summed E-state index contributed by atoms with van der Waals surface area (Å²) in [5.41, 5.74) is 5.03. The van der Waals surface area contributed by atoms with E-state index in [-0.39, 0.29) is 6.54 Å². The first-order valence-corrected chi connectivity index (χ1v) is 4.93. The Morgan fingerprint density at radius 3 is 2.42 bits per heavy atom. The predicted molar refractivity (Wildman–Crippen MR) is 43.6 cm³/mol. The van der Waals surface area contributed by atoms with Crippen LogP contribution in [0.25, 0.3) is 0 Å². The van der Waals surface area contributed by atoms with Crippen LogP contribution < -0.4 is 5.73 Å². The number of aliphatic hydroxyl groups is 1. The van der Waals surface area contributed by atoms with E-state index in [0.29, 0.717) is 0 Å². The lowest BCUT2D eigenvalue weighted by Gasteiger charge is -2.12. The first kappa shape index (κ1) is 11.8. The Labute approximate surface area is 72.0 Å². The van der Waals surface area contributed by atoms with Crippen molar-refractivity contribution in [3.63, 3.8) is 0 Å².